The molecular formula is C11H18N2O4S. The summed E-state index contributed by atoms with van der Waals surface area (Å²) >= 11 is 0. The molecule has 0 aromatic heterocycles. The molecule has 0 unspecified atom stereocenters. The smallest absolute Gasteiger partial charge is 0.160 e. The van der Waals surface area contributed by atoms with Gasteiger partial charge in [0.15, 0.2) is 11.5 Å². The number of rotatable bonds is 7. The van der Waals surface area contributed by atoms with Crippen molar-refractivity contribution in [1.82, 2.24) is 0 Å². The lowest BCUT2D eigenvalue weighted by molar-refractivity contribution is -0.667. The number of nitrogens with zero attached hydrogens (tertiary/aromatic N) is 1. The van der Waals surface area contributed by atoms with Crippen LogP contribution in [0, 0.1) is 0 Å². The molecule has 0 fully saturated rings. The van der Waals surface area contributed by atoms with Crippen molar-refractivity contribution in [3.63, 3.8) is 0 Å². The fourth-order valence-corrected chi connectivity index (χ4v) is 1.86. The lowest BCUT2D eigenvalue weighted by Crippen LogP contribution is -2.83. The number of phenols is 1. The van der Waals surface area contributed by atoms with Crippen LogP contribution in [0.3, 0.4) is 0 Å². The van der Waals surface area contributed by atoms with Crippen LogP contribution in [0.1, 0.15) is 5.56 Å². The molecule has 0 aliphatic rings. The van der Waals surface area contributed by atoms with Gasteiger partial charge in [-0.05, 0) is 18.2 Å². The summed E-state index contributed by atoms with van der Waals surface area (Å²) in [5.41, 5.74) is 0.990. The van der Waals surface area contributed by atoms with Crippen LogP contribution in [0.5, 0.6) is 11.5 Å². The highest BCUT2D eigenvalue weighted by atomic mass is 32.2. The van der Waals surface area contributed by atoms with Gasteiger partial charge in [0.1, 0.15) is 6.54 Å². The van der Waals surface area contributed by atoms with E-state index in [0.29, 0.717) is 18.8 Å². The van der Waals surface area contributed by atoms with Crippen molar-refractivity contribution in [3.8, 4) is 11.5 Å². The summed E-state index contributed by atoms with van der Waals surface area (Å²) in [5, 5.41) is 11.4. The van der Waals surface area contributed by atoms with Crippen LogP contribution >= 0.6 is 0 Å². The summed E-state index contributed by atoms with van der Waals surface area (Å²) < 4.78 is 30.0. The number of hydrogen-bond acceptors (Lipinski definition) is 4. The monoisotopic (exact) mass is 274 g/mol. The van der Waals surface area contributed by atoms with Gasteiger partial charge in [-0.15, -0.1) is 0 Å². The maximum Gasteiger partial charge on any atom is 0.160 e. The molecule has 0 saturated heterocycles. The Morgan fingerprint density at radius 1 is 1.44 bits per heavy atom. The lowest BCUT2D eigenvalue weighted by Gasteiger charge is -2.14. The number of nitrogens with two attached hydrogens (primary N) is 1. The van der Waals surface area contributed by atoms with Crippen LogP contribution < -0.4 is 10.1 Å². The third-order valence-corrected chi connectivity index (χ3v) is 2.93. The second kappa shape index (κ2) is 6.58. The first-order valence-electron chi connectivity index (χ1n) is 5.48. The highest BCUT2D eigenvalue weighted by molar-refractivity contribution is 7.93. The van der Waals surface area contributed by atoms with Gasteiger partial charge in [-0.3, -0.25) is 0 Å². The van der Waals surface area contributed by atoms with Crippen LogP contribution in [0.15, 0.2) is 18.2 Å². The average molecular weight is 274 g/mol. The van der Waals surface area contributed by atoms with Gasteiger partial charge < -0.3 is 19.9 Å². The SMILES string of the molecule is COc1cc(C[NH2+]CC[N-]S(C)(=O)=O)ccc1O. The van der Waals surface area contributed by atoms with Crippen molar-refractivity contribution in [1.29, 1.82) is 0 Å². The second-order valence-corrected chi connectivity index (χ2v) is 5.60. The minimum Gasteiger partial charge on any atom is -0.545 e. The van der Waals surface area contributed by atoms with Gasteiger partial charge in [-0.2, -0.15) is 0 Å². The number of benzene rings is 1. The number of quaternary nitrogens is 1. The van der Waals surface area contributed by atoms with Gasteiger partial charge in [0.05, 0.1) is 23.7 Å². The van der Waals surface area contributed by atoms with E-state index < -0.39 is 10.0 Å². The van der Waals surface area contributed by atoms with Crippen LogP contribution in [0.25, 0.3) is 4.72 Å². The Bertz CT molecular complexity index is 488. The first kappa shape index (κ1) is 14.7. The molecule has 0 saturated carbocycles. The second-order valence-electron chi connectivity index (χ2n) is 3.87. The van der Waals surface area contributed by atoms with Crippen molar-refractivity contribution >= 4 is 10.0 Å². The zero-order valence-corrected chi connectivity index (χ0v) is 11.3. The predicted molar refractivity (Wildman–Crippen MR) is 68.2 cm³/mol. The Labute approximate surface area is 107 Å². The molecule has 0 aliphatic heterocycles. The van der Waals surface area contributed by atoms with Gasteiger partial charge in [0.2, 0.25) is 0 Å². The summed E-state index contributed by atoms with van der Waals surface area (Å²) in [6.07, 6.45) is 1.08. The van der Waals surface area contributed by atoms with Crippen molar-refractivity contribution < 1.29 is 23.6 Å². The van der Waals surface area contributed by atoms with Crippen LogP contribution in [-0.4, -0.2) is 40.0 Å². The molecule has 7 heteroatoms. The quantitative estimate of drug-likeness (QED) is 0.673. The summed E-state index contributed by atoms with van der Waals surface area (Å²) in [5.74, 6) is 0.537. The fraction of sp³-hybridized carbons (Fsp3) is 0.455. The standard InChI is InChI=1S/C11H17N2O4S/c1-17-11-7-9(3-4-10(11)14)8-12-5-6-13-18(2,15)16/h3-4,7,12,14H,5-6,8H2,1-2H3/q-1/p+1. The van der Waals surface area contributed by atoms with Crippen LogP contribution in [0.2, 0.25) is 0 Å². The van der Waals surface area contributed by atoms with E-state index in [-0.39, 0.29) is 12.3 Å². The van der Waals surface area contributed by atoms with Crippen LogP contribution in [-0.2, 0) is 16.6 Å². The summed E-state index contributed by atoms with van der Waals surface area (Å²) in [6, 6.07) is 5.12. The molecular weight excluding hydrogens is 256 g/mol. The molecule has 0 heterocycles. The van der Waals surface area contributed by atoms with Gasteiger partial charge in [0.25, 0.3) is 0 Å². The third-order valence-electron chi connectivity index (χ3n) is 2.28. The zero-order chi connectivity index (χ0) is 13.6. The first-order chi connectivity index (χ1) is 8.42. The predicted octanol–water partition coefficient (Wildman–Crippen LogP) is -0.202. The molecule has 6 nitrogen and oxygen atoms in total. The van der Waals surface area contributed by atoms with E-state index in [4.69, 9.17) is 4.74 Å². The van der Waals surface area contributed by atoms with E-state index >= 15 is 0 Å². The molecule has 1 aromatic carbocycles. The lowest BCUT2D eigenvalue weighted by atomic mass is 10.2. The molecule has 1 aromatic rings. The number of hydrogen-bond donors (Lipinski definition) is 2. The Hall–Kier alpha value is -1.31. The summed E-state index contributed by atoms with van der Waals surface area (Å²) in [6.45, 7) is 1.54. The number of methoxy groups -OCH3 is 1. The van der Waals surface area contributed by atoms with E-state index in [1.54, 1.807) is 18.2 Å². The van der Waals surface area contributed by atoms with E-state index in [2.05, 4.69) is 4.72 Å². The Morgan fingerprint density at radius 2 is 2.17 bits per heavy atom. The molecule has 18 heavy (non-hydrogen) atoms. The summed E-state index contributed by atoms with van der Waals surface area (Å²) in [7, 11) is -1.74. The maximum absolute atomic E-state index is 10.8. The molecule has 0 bridgehead atoms. The normalized spacial score (nSPS) is 11.4. The third kappa shape index (κ3) is 5.35. The van der Waals surface area contributed by atoms with Crippen molar-refractivity contribution in [2.45, 2.75) is 6.54 Å². The maximum atomic E-state index is 10.8. The van der Waals surface area contributed by atoms with E-state index in [1.807, 2.05) is 5.32 Å². The van der Waals surface area contributed by atoms with Crippen molar-refractivity contribution in [2.75, 3.05) is 26.5 Å². The van der Waals surface area contributed by atoms with Crippen molar-refractivity contribution in [2.24, 2.45) is 0 Å². The largest absolute Gasteiger partial charge is 0.545 e. The van der Waals surface area contributed by atoms with Gasteiger partial charge >= 0.3 is 0 Å². The molecule has 0 aliphatic carbocycles. The Morgan fingerprint density at radius 3 is 2.78 bits per heavy atom. The van der Waals surface area contributed by atoms with Crippen molar-refractivity contribution in [3.05, 3.63) is 28.5 Å². The van der Waals surface area contributed by atoms with E-state index in [1.165, 1.54) is 7.11 Å². The first-order valence-corrected chi connectivity index (χ1v) is 7.33. The molecule has 3 N–H and O–H groups in total. The minimum absolute atomic E-state index is 0.105. The zero-order valence-electron chi connectivity index (χ0n) is 10.5. The number of ether oxygens (including phenoxy) is 1. The molecule has 102 valence electrons. The molecule has 0 atom stereocenters. The summed E-state index contributed by atoms with van der Waals surface area (Å²) in [4.78, 5) is 0. The fourth-order valence-electron chi connectivity index (χ4n) is 1.43. The van der Waals surface area contributed by atoms with E-state index in [9.17, 15) is 13.5 Å². The number of sulfonamides is 1. The minimum atomic E-state index is -3.23. The van der Waals surface area contributed by atoms with Gasteiger partial charge in [-0.25, -0.2) is 8.42 Å². The van der Waals surface area contributed by atoms with E-state index in [0.717, 1.165) is 11.8 Å². The highest BCUT2D eigenvalue weighted by Crippen LogP contribution is 2.25. The molecule has 0 radical (unpaired) electrons. The molecule has 0 spiro atoms. The highest BCUT2D eigenvalue weighted by Gasteiger charge is 2.03. The number of aromatic hydroxyl groups is 1. The van der Waals surface area contributed by atoms with Gasteiger partial charge in [0, 0.05) is 11.8 Å². The van der Waals surface area contributed by atoms with Crippen LogP contribution in [0.4, 0.5) is 0 Å². The Kier molecular flexibility index (Phi) is 5.39. The molecule has 1 rings (SSSR count). The molecule has 0 amide bonds. The topological polar surface area (TPSA) is 94.3 Å². The number of phenolic OH excluding ortho intramolecular Hbond substituents is 1. The Balaban J connectivity index is 2.36. The van der Waals surface area contributed by atoms with Gasteiger partial charge in [-0.1, -0.05) is 6.54 Å². The average Bonchev–Trinajstić information content (AvgIpc) is 2.29.